The van der Waals surface area contributed by atoms with Gasteiger partial charge in [0.1, 0.15) is 12.4 Å². The van der Waals surface area contributed by atoms with Crippen LogP contribution in [0.4, 0.5) is 4.79 Å². The molecule has 0 bridgehead atoms. The molecule has 7 heteroatoms. The molecule has 1 aliphatic heterocycles. The van der Waals surface area contributed by atoms with Gasteiger partial charge in [-0.25, -0.2) is 14.6 Å². The van der Waals surface area contributed by atoms with Crippen LogP contribution in [0, 0.1) is 0 Å². The van der Waals surface area contributed by atoms with Crippen LogP contribution in [0.25, 0.3) is 0 Å². The lowest BCUT2D eigenvalue weighted by Gasteiger charge is -2.22. The fourth-order valence-corrected chi connectivity index (χ4v) is 2.90. The zero-order chi connectivity index (χ0) is 16.9. The number of aliphatic carboxylic acids is 1. The van der Waals surface area contributed by atoms with Gasteiger partial charge >= 0.3 is 12.1 Å². The Labute approximate surface area is 139 Å². The molecular formula is C17H20N2O5. The zero-order valence-corrected chi connectivity index (χ0v) is 13.2. The zero-order valence-electron chi connectivity index (χ0n) is 13.2. The number of nitrogens with zero attached hydrogens (tertiary/aromatic N) is 1. The van der Waals surface area contributed by atoms with Gasteiger partial charge in [0.25, 0.3) is 0 Å². The summed E-state index contributed by atoms with van der Waals surface area (Å²) in [5.41, 5.74) is 0.585. The summed E-state index contributed by atoms with van der Waals surface area (Å²) in [6.45, 7) is 0.0118. The second kappa shape index (κ2) is 7.33. The monoisotopic (exact) mass is 332 g/mol. The number of carbonyl (C=O) groups excluding carboxylic acids is 1. The molecular weight excluding hydrogens is 312 g/mol. The van der Waals surface area contributed by atoms with E-state index >= 15 is 0 Å². The van der Waals surface area contributed by atoms with Crippen LogP contribution in [0.15, 0.2) is 29.3 Å². The van der Waals surface area contributed by atoms with E-state index in [0.29, 0.717) is 11.3 Å². The van der Waals surface area contributed by atoms with Crippen molar-refractivity contribution < 1.29 is 24.2 Å². The molecule has 1 fully saturated rings. The molecule has 7 nitrogen and oxygen atoms in total. The number of benzene rings is 1. The third kappa shape index (κ3) is 4.04. The van der Waals surface area contributed by atoms with E-state index in [-0.39, 0.29) is 18.5 Å². The molecule has 0 radical (unpaired) electrons. The molecule has 2 N–H and O–H groups in total. The summed E-state index contributed by atoms with van der Waals surface area (Å²) < 4.78 is 10.6. The van der Waals surface area contributed by atoms with Crippen LogP contribution in [-0.4, -0.2) is 41.8 Å². The molecule has 1 heterocycles. The maximum absolute atomic E-state index is 12.0. The lowest BCUT2D eigenvalue weighted by Crippen LogP contribution is -2.38. The van der Waals surface area contributed by atoms with Crippen molar-refractivity contribution in [1.29, 1.82) is 0 Å². The first-order chi connectivity index (χ1) is 11.6. The molecule has 1 unspecified atom stereocenters. The van der Waals surface area contributed by atoms with Gasteiger partial charge in [-0.2, -0.15) is 0 Å². The first-order valence-electron chi connectivity index (χ1n) is 8.14. The highest BCUT2D eigenvalue weighted by Gasteiger charge is 2.26. The normalized spacial score (nSPS) is 20.8. The third-order valence-electron chi connectivity index (χ3n) is 4.15. The van der Waals surface area contributed by atoms with Crippen molar-refractivity contribution in [3.05, 3.63) is 29.8 Å². The molecule has 1 aromatic carbocycles. The smallest absolute Gasteiger partial charge is 0.412 e. The Kier molecular flexibility index (Phi) is 4.98. The van der Waals surface area contributed by atoms with Crippen molar-refractivity contribution in [1.82, 2.24) is 5.32 Å². The van der Waals surface area contributed by atoms with Crippen LogP contribution >= 0.6 is 0 Å². The average molecular weight is 332 g/mol. The van der Waals surface area contributed by atoms with E-state index in [4.69, 9.17) is 14.6 Å². The highest BCUT2D eigenvalue weighted by atomic mass is 16.6. The van der Waals surface area contributed by atoms with Gasteiger partial charge in [0.15, 0.2) is 6.04 Å². The van der Waals surface area contributed by atoms with E-state index in [9.17, 15) is 9.59 Å². The van der Waals surface area contributed by atoms with Crippen molar-refractivity contribution in [2.45, 2.75) is 44.2 Å². The quantitative estimate of drug-likeness (QED) is 0.882. The highest BCUT2D eigenvalue weighted by molar-refractivity contribution is 5.97. The summed E-state index contributed by atoms with van der Waals surface area (Å²) in [5, 5.41) is 11.8. The number of amides is 1. The maximum atomic E-state index is 12.0. The number of carbonyl (C=O) groups is 2. The molecule has 128 valence electrons. The van der Waals surface area contributed by atoms with Crippen molar-refractivity contribution in [2.75, 3.05) is 6.61 Å². The van der Waals surface area contributed by atoms with E-state index in [1.165, 1.54) is 6.42 Å². The Bertz CT molecular complexity index is 652. The summed E-state index contributed by atoms with van der Waals surface area (Å²) >= 11 is 0. The van der Waals surface area contributed by atoms with E-state index in [1.54, 1.807) is 24.3 Å². The lowest BCUT2D eigenvalue weighted by molar-refractivity contribution is -0.138. The second-order valence-electron chi connectivity index (χ2n) is 6.00. The van der Waals surface area contributed by atoms with Gasteiger partial charge in [-0.05, 0) is 31.0 Å². The number of carboxylic acid groups (broad SMARTS) is 1. The Morgan fingerprint density at radius 1 is 1.25 bits per heavy atom. The van der Waals surface area contributed by atoms with Gasteiger partial charge in [0.2, 0.25) is 5.90 Å². The van der Waals surface area contributed by atoms with Crippen LogP contribution in [0.1, 0.15) is 37.7 Å². The van der Waals surface area contributed by atoms with Gasteiger partial charge in [-0.15, -0.1) is 0 Å². The molecule has 0 spiro atoms. The van der Waals surface area contributed by atoms with Gasteiger partial charge in [-0.3, -0.25) is 0 Å². The highest BCUT2D eigenvalue weighted by Crippen LogP contribution is 2.20. The van der Waals surface area contributed by atoms with E-state index in [2.05, 4.69) is 10.3 Å². The minimum atomic E-state index is -1.02. The van der Waals surface area contributed by atoms with Crippen molar-refractivity contribution in [2.24, 2.45) is 4.99 Å². The van der Waals surface area contributed by atoms with E-state index in [1.807, 2.05) is 0 Å². The molecule has 1 saturated carbocycles. The first-order valence-corrected chi connectivity index (χ1v) is 8.14. The van der Waals surface area contributed by atoms with Gasteiger partial charge in [0, 0.05) is 11.6 Å². The lowest BCUT2D eigenvalue weighted by atomic mass is 9.96. The first kappa shape index (κ1) is 16.3. The van der Waals surface area contributed by atoms with Gasteiger partial charge < -0.3 is 19.9 Å². The number of hydrogen-bond donors (Lipinski definition) is 2. The fourth-order valence-electron chi connectivity index (χ4n) is 2.90. The number of aliphatic imine (C=N–C) groups is 1. The summed E-state index contributed by atoms with van der Waals surface area (Å²) in [5.74, 6) is -0.407. The van der Waals surface area contributed by atoms with Crippen LogP contribution in [0.5, 0.6) is 5.75 Å². The van der Waals surface area contributed by atoms with Crippen molar-refractivity contribution in [3.8, 4) is 5.75 Å². The largest absolute Gasteiger partial charge is 0.480 e. The number of carboxylic acids is 1. The van der Waals surface area contributed by atoms with Gasteiger partial charge in [0.05, 0.1) is 0 Å². The minimum Gasteiger partial charge on any atom is -0.480 e. The second-order valence-corrected chi connectivity index (χ2v) is 6.00. The molecule has 24 heavy (non-hydrogen) atoms. The van der Waals surface area contributed by atoms with Crippen LogP contribution in [0.3, 0.4) is 0 Å². The third-order valence-corrected chi connectivity index (χ3v) is 4.15. The molecule has 1 atom stereocenters. The minimum absolute atomic E-state index is 0.0118. The molecule has 3 rings (SSSR count). The molecule has 1 aromatic rings. The maximum Gasteiger partial charge on any atom is 0.412 e. The van der Waals surface area contributed by atoms with Crippen LogP contribution in [0.2, 0.25) is 0 Å². The fraction of sp³-hybridized carbons (Fsp3) is 0.471. The number of nitrogens with one attached hydrogen (secondary N) is 1. The Hall–Kier alpha value is -2.57. The number of hydrogen-bond acceptors (Lipinski definition) is 5. The van der Waals surface area contributed by atoms with Crippen molar-refractivity contribution in [3.63, 3.8) is 0 Å². The Balaban J connectivity index is 1.62. The van der Waals surface area contributed by atoms with Crippen LogP contribution < -0.4 is 10.1 Å². The summed E-state index contributed by atoms with van der Waals surface area (Å²) in [6.07, 6.45) is 4.96. The number of rotatable bonds is 4. The molecule has 1 aliphatic carbocycles. The molecule has 0 saturated heterocycles. The topological polar surface area (TPSA) is 97.2 Å². The Morgan fingerprint density at radius 3 is 2.75 bits per heavy atom. The summed E-state index contributed by atoms with van der Waals surface area (Å²) in [4.78, 5) is 26.9. The summed E-state index contributed by atoms with van der Waals surface area (Å²) in [6, 6.07) is 6.00. The van der Waals surface area contributed by atoms with E-state index in [0.717, 1.165) is 25.7 Å². The van der Waals surface area contributed by atoms with Crippen molar-refractivity contribution >= 4 is 18.0 Å². The van der Waals surface area contributed by atoms with E-state index < -0.39 is 18.1 Å². The SMILES string of the molecule is O=C(NC1CCCCC1)Oc1cccc(C2=NC(C(=O)O)CO2)c1. The average Bonchev–Trinajstić information content (AvgIpc) is 3.06. The Morgan fingerprint density at radius 2 is 2.04 bits per heavy atom. The summed E-state index contributed by atoms with van der Waals surface area (Å²) in [7, 11) is 0. The van der Waals surface area contributed by atoms with Gasteiger partial charge in [-0.1, -0.05) is 25.3 Å². The van der Waals surface area contributed by atoms with Crippen LogP contribution in [-0.2, 0) is 9.53 Å². The molecule has 0 aromatic heterocycles. The predicted octanol–water partition coefficient (Wildman–Crippen LogP) is 2.34. The molecule has 2 aliphatic rings. The standard InChI is InChI=1S/C17H20N2O5/c20-16(21)14-10-23-15(19-14)11-5-4-8-13(9-11)24-17(22)18-12-6-2-1-3-7-12/h4-5,8-9,12,14H,1-3,6-7,10H2,(H,18,22)(H,20,21). The predicted molar refractivity (Wildman–Crippen MR) is 86.4 cm³/mol. The number of ether oxygens (including phenoxy) is 2. The molecule has 1 amide bonds.